The van der Waals surface area contributed by atoms with Crippen LogP contribution < -0.4 is 5.32 Å². The number of esters is 1. The summed E-state index contributed by atoms with van der Waals surface area (Å²) in [7, 11) is 0. The van der Waals surface area contributed by atoms with E-state index >= 15 is 0 Å². The van der Waals surface area contributed by atoms with E-state index in [4.69, 9.17) is 9.15 Å². The van der Waals surface area contributed by atoms with Crippen LogP contribution in [0.15, 0.2) is 71.3 Å². The molecule has 2 heterocycles. The van der Waals surface area contributed by atoms with E-state index < -0.39 is 30.3 Å². The first-order chi connectivity index (χ1) is 15.5. The SMILES string of the molecule is O=C(COC(=O)c1ccc2c(c1)C(=O)N(CCc1ccccc1)C2=O)NCc1ccco1. The molecular formula is C24H20N2O6. The molecule has 4 rings (SSSR count). The summed E-state index contributed by atoms with van der Waals surface area (Å²) in [5, 5.41) is 2.56. The second kappa shape index (κ2) is 9.30. The number of furan rings is 1. The maximum absolute atomic E-state index is 12.7. The molecule has 162 valence electrons. The van der Waals surface area contributed by atoms with E-state index in [1.807, 2.05) is 30.3 Å². The van der Waals surface area contributed by atoms with E-state index in [1.165, 1.54) is 29.4 Å². The zero-order valence-electron chi connectivity index (χ0n) is 17.1. The molecule has 1 aliphatic heterocycles. The van der Waals surface area contributed by atoms with E-state index in [9.17, 15) is 19.2 Å². The van der Waals surface area contributed by atoms with Gasteiger partial charge < -0.3 is 14.5 Å². The summed E-state index contributed by atoms with van der Waals surface area (Å²) in [5.41, 5.74) is 1.50. The van der Waals surface area contributed by atoms with E-state index in [0.29, 0.717) is 12.2 Å². The van der Waals surface area contributed by atoms with E-state index in [0.717, 1.165) is 5.56 Å². The Morgan fingerprint density at radius 3 is 2.47 bits per heavy atom. The number of imide groups is 1. The Labute approximate surface area is 183 Å². The monoisotopic (exact) mass is 432 g/mol. The van der Waals surface area contributed by atoms with Gasteiger partial charge in [-0.15, -0.1) is 0 Å². The van der Waals surface area contributed by atoms with E-state index in [2.05, 4.69) is 5.32 Å². The first kappa shape index (κ1) is 21.0. The highest BCUT2D eigenvalue weighted by Crippen LogP contribution is 2.24. The number of nitrogens with zero attached hydrogens (tertiary/aromatic N) is 1. The summed E-state index contributed by atoms with van der Waals surface area (Å²) < 4.78 is 10.1. The molecule has 1 aliphatic rings. The maximum atomic E-state index is 12.7. The minimum absolute atomic E-state index is 0.0913. The number of fused-ring (bicyclic) bond motifs is 1. The second-order valence-electron chi connectivity index (χ2n) is 7.19. The number of hydrogen-bond acceptors (Lipinski definition) is 6. The van der Waals surface area contributed by atoms with Crippen LogP contribution in [-0.2, 0) is 22.5 Å². The fourth-order valence-electron chi connectivity index (χ4n) is 3.37. The third-order valence-electron chi connectivity index (χ3n) is 5.05. The molecule has 3 amide bonds. The zero-order valence-corrected chi connectivity index (χ0v) is 17.1. The van der Waals surface area contributed by atoms with Gasteiger partial charge in [0.15, 0.2) is 6.61 Å². The van der Waals surface area contributed by atoms with Gasteiger partial charge in [-0.1, -0.05) is 30.3 Å². The van der Waals surface area contributed by atoms with E-state index in [-0.39, 0.29) is 29.8 Å². The van der Waals surface area contributed by atoms with Crippen molar-refractivity contribution in [1.29, 1.82) is 0 Å². The molecule has 8 nitrogen and oxygen atoms in total. The predicted octanol–water partition coefficient (Wildman–Crippen LogP) is 2.59. The predicted molar refractivity (Wildman–Crippen MR) is 113 cm³/mol. The highest BCUT2D eigenvalue weighted by Gasteiger charge is 2.35. The first-order valence-corrected chi connectivity index (χ1v) is 10.0. The smallest absolute Gasteiger partial charge is 0.338 e. The quantitative estimate of drug-likeness (QED) is 0.433. The van der Waals surface area contributed by atoms with Gasteiger partial charge in [0, 0.05) is 6.54 Å². The second-order valence-corrected chi connectivity index (χ2v) is 7.19. The Kier molecular flexibility index (Phi) is 6.12. The molecule has 0 unspecified atom stereocenters. The molecule has 0 spiro atoms. The number of nitrogens with one attached hydrogen (secondary N) is 1. The molecule has 0 radical (unpaired) electrons. The van der Waals surface area contributed by atoms with Gasteiger partial charge in [0.1, 0.15) is 5.76 Å². The van der Waals surface area contributed by atoms with Gasteiger partial charge in [-0.3, -0.25) is 19.3 Å². The van der Waals surface area contributed by atoms with Gasteiger partial charge in [0.2, 0.25) is 0 Å². The fourth-order valence-corrected chi connectivity index (χ4v) is 3.37. The molecule has 32 heavy (non-hydrogen) atoms. The molecule has 0 aliphatic carbocycles. The Balaban J connectivity index is 1.35. The van der Waals surface area contributed by atoms with Crippen LogP contribution >= 0.6 is 0 Å². The highest BCUT2D eigenvalue weighted by atomic mass is 16.5. The Morgan fingerprint density at radius 2 is 1.72 bits per heavy atom. The molecule has 3 aromatic rings. The van der Waals surface area contributed by atoms with Gasteiger partial charge in [-0.2, -0.15) is 0 Å². The summed E-state index contributed by atoms with van der Waals surface area (Å²) in [4.78, 5) is 50.7. The first-order valence-electron chi connectivity index (χ1n) is 10.0. The van der Waals surface area contributed by atoms with Crippen LogP contribution in [0.5, 0.6) is 0 Å². The van der Waals surface area contributed by atoms with Gasteiger partial charge in [0.05, 0.1) is 29.5 Å². The molecule has 0 fully saturated rings. The standard InChI is InChI=1S/C24H20N2O6/c27-21(25-14-18-7-4-12-31-18)15-32-24(30)17-8-9-19-20(13-17)23(29)26(22(19)28)11-10-16-5-2-1-3-6-16/h1-9,12-13H,10-11,14-15H2,(H,25,27). The molecule has 2 aromatic carbocycles. The fraction of sp³-hybridized carbons (Fsp3) is 0.167. The van der Waals surface area contributed by atoms with E-state index in [1.54, 1.807) is 12.1 Å². The minimum Gasteiger partial charge on any atom is -0.467 e. The zero-order chi connectivity index (χ0) is 22.5. The molecule has 0 saturated carbocycles. The molecule has 8 heteroatoms. The molecule has 1 N–H and O–H groups in total. The van der Waals surface area contributed by atoms with Crippen LogP contribution in [-0.4, -0.2) is 41.7 Å². The minimum atomic E-state index is -0.760. The highest BCUT2D eigenvalue weighted by molar-refractivity contribution is 6.22. The van der Waals surface area contributed by atoms with Crippen LogP contribution in [0, 0.1) is 0 Å². The molecule has 0 saturated heterocycles. The van der Waals surface area contributed by atoms with Crippen molar-refractivity contribution >= 4 is 23.7 Å². The summed E-state index contributed by atoms with van der Waals surface area (Å²) in [6.07, 6.45) is 2.03. The van der Waals surface area contributed by atoms with Crippen molar-refractivity contribution in [2.24, 2.45) is 0 Å². The lowest BCUT2D eigenvalue weighted by Gasteiger charge is -2.13. The third-order valence-corrected chi connectivity index (χ3v) is 5.05. The van der Waals surface area contributed by atoms with Crippen LogP contribution in [0.2, 0.25) is 0 Å². The van der Waals surface area contributed by atoms with Gasteiger partial charge in [-0.25, -0.2) is 4.79 Å². The lowest BCUT2D eigenvalue weighted by atomic mass is 10.1. The van der Waals surface area contributed by atoms with Crippen LogP contribution in [0.1, 0.15) is 42.4 Å². The number of carbonyl (C=O) groups is 4. The Morgan fingerprint density at radius 1 is 0.938 bits per heavy atom. The van der Waals surface area contributed by atoms with Gasteiger partial charge in [-0.05, 0) is 42.3 Å². The lowest BCUT2D eigenvalue weighted by Crippen LogP contribution is -2.31. The molecular weight excluding hydrogens is 412 g/mol. The normalized spacial score (nSPS) is 12.6. The summed E-state index contributed by atoms with van der Waals surface area (Å²) in [6, 6.07) is 17.1. The van der Waals surface area contributed by atoms with Crippen molar-refractivity contribution in [2.75, 3.05) is 13.2 Å². The average molecular weight is 432 g/mol. The van der Waals surface area contributed by atoms with Crippen LogP contribution in [0.25, 0.3) is 0 Å². The topological polar surface area (TPSA) is 106 Å². The van der Waals surface area contributed by atoms with Crippen LogP contribution in [0.4, 0.5) is 0 Å². The number of benzene rings is 2. The lowest BCUT2D eigenvalue weighted by molar-refractivity contribution is -0.124. The van der Waals surface area contributed by atoms with Crippen molar-refractivity contribution in [3.05, 3.63) is 94.9 Å². The number of amides is 3. The number of ether oxygens (including phenoxy) is 1. The molecule has 1 aromatic heterocycles. The van der Waals surface area contributed by atoms with Crippen molar-refractivity contribution in [3.63, 3.8) is 0 Å². The molecule has 0 bridgehead atoms. The number of carbonyl (C=O) groups excluding carboxylic acids is 4. The third kappa shape index (κ3) is 4.59. The average Bonchev–Trinajstić information content (AvgIpc) is 3.42. The van der Waals surface area contributed by atoms with Crippen molar-refractivity contribution in [3.8, 4) is 0 Å². The summed E-state index contributed by atoms with van der Waals surface area (Å²) >= 11 is 0. The van der Waals surface area contributed by atoms with Crippen molar-refractivity contribution in [1.82, 2.24) is 10.2 Å². The van der Waals surface area contributed by atoms with Crippen molar-refractivity contribution in [2.45, 2.75) is 13.0 Å². The largest absolute Gasteiger partial charge is 0.467 e. The number of rotatable bonds is 8. The van der Waals surface area contributed by atoms with Crippen LogP contribution in [0.3, 0.4) is 0 Å². The number of hydrogen-bond donors (Lipinski definition) is 1. The summed E-state index contributed by atoms with van der Waals surface area (Å²) in [6.45, 7) is -0.0592. The maximum Gasteiger partial charge on any atom is 0.338 e. The van der Waals surface area contributed by atoms with Gasteiger partial charge >= 0.3 is 5.97 Å². The Hall–Kier alpha value is -4.20. The molecule has 0 atom stereocenters. The Bertz CT molecular complexity index is 1150. The summed E-state index contributed by atoms with van der Waals surface area (Å²) in [5.74, 6) is -1.52. The van der Waals surface area contributed by atoms with Gasteiger partial charge in [0.25, 0.3) is 17.7 Å². The van der Waals surface area contributed by atoms with Crippen molar-refractivity contribution < 1.29 is 28.3 Å².